The van der Waals surface area contributed by atoms with E-state index in [1.807, 2.05) is 6.92 Å². The van der Waals surface area contributed by atoms with E-state index in [0.29, 0.717) is 18.4 Å². The topological polar surface area (TPSA) is 91.6 Å². The molecule has 0 radical (unpaired) electrons. The number of hydrogen-bond acceptors (Lipinski definition) is 6. The maximum Gasteiger partial charge on any atom is 0.324 e. The fourth-order valence-electron chi connectivity index (χ4n) is 4.09. The second-order valence-corrected chi connectivity index (χ2v) is 7.73. The Bertz CT molecular complexity index is 686. The number of nitrogens with zero attached hydrogens (tertiary/aromatic N) is 4. The quantitative estimate of drug-likeness (QED) is 0.830. The lowest BCUT2D eigenvalue weighted by atomic mass is 9.80. The van der Waals surface area contributed by atoms with E-state index in [0.717, 1.165) is 44.7 Å². The summed E-state index contributed by atoms with van der Waals surface area (Å²) < 4.78 is 5.82. The molecule has 0 unspecified atom stereocenters. The Morgan fingerprint density at radius 2 is 2.04 bits per heavy atom. The zero-order valence-electron chi connectivity index (χ0n) is 14.8. The number of nitrogens with one attached hydrogen (secondary N) is 1. The number of hydrogen-bond donors (Lipinski definition) is 1. The molecule has 0 bridgehead atoms. The first kappa shape index (κ1) is 16.5. The lowest BCUT2D eigenvalue weighted by Gasteiger charge is -2.39. The molecule has 3 aliphatic rings. The molecule has 1 aromatic rings. The summed E-state index contributed by atoms with van der Waals surface area (Å²) in [7, 11) is 1.53. The van der Waals surface area contributed by atoms with Crippen molar-refractivity contribution in [2.45, 2.75) is 57.0 Å². The van der Waals surface area contributed by atoms with E-state index in [9.17, 15) is 9.59 Å². The van der Waals surface area contributed by atoms with Crippen molar-refractivity contribution in [3.8, 4) is 0 Å². The molecule has 2 saturated heterocycles. The zero-order chi connectivity index (χ0) is 17.6. The third kappa shape index (κ3) is 2.82. The SMILES string of the molecule is CN1C(=O)N[C@](C)([C@H]2CCCN(Cc3nnc(C4CCC4)o3)C2)C1=O. The molecule has 8 nitrogen and oxygen atoms in total. The summed E-state index contributed by atoms with van der Waals surface area (Å²) in [5.41, 5.74) is -0.823. The molecule has 8 heteroatoms. The zero-order valence-corrected chi connectivity index (χ0v) is 14.8. The van der Waals surface area contributed by atoms with Gasteiger partial charge >= 0.3 is 6.03 Å². The Morgan fingerprint density at radius 1 is 1.24 bits per heavy atom. The molecular formula is C17H25N5O3. The molecule has 1 aromatic heterocycles. The molecule has 1 N–H and O–H groups in total. The highest BCUT2D eigenvalue weighted by Crippen LogP contribution is 2.36. The van der Waals surface area contributed by atoms with Gasteiger partial charge in [0.2, 0.25) is 11.8 Å². The third-order valence-corrected chi connectivity index (χ3v) is 6.04. The molecule has 2 aliphatic heterocycles. The van der Waals surface area contributed by atoms with Gasteiger partial charge in [0.05, 0.1) is 6.54 Å². The molecule has 0 spiro atoms. The van der Waals surface area contributed by atoms with E-state index in [2.05, 4.69) is 20.4 Å². The highest BCUT2D eigenvalue weighted by atomic mass is 16.4. The van der Waals surface area contributed by atoms with Crippen LogP contribution in [0.4, 0.5) is 4.79 Å². The van der Waals surface area contributed by atoms with Crippen molar-refractivity contribution in [3.05, 3.63) is 11.8 Å². The van der Waals surface area contributed by atoms with E-state index in [4.69, 9.17) is 4.42 Å². The number of piperidine rings is 1. The summed E-state index contributed by atoms with van der Waals surface area (Å²) in [6.45, 7) is 4.11. The molecular weight excluding hydrogens is 322 g/mol. The van der Waals surface area contributed by atoms with E-state index in [-0.39, 0.29) is 17.9 Å². The monoisotopic (exact) mass is 347 g/mol. The Labute approximate surface area is 146 Å². The number of urea groups is 1. The lowest BCUT2D eigenvalue weighted by molar-refractivity contribution is -0.132. The number of likely N-dealkylation sites (tertiary alicyclic amines) is 1. The Kier molecular flexibility index (Phi) is 4.02. The Balaban J connectivity index is 1.42. The number of amides is 3. The van der Waals surface area contributed by atoms with Crippen LogP contribution in [0.5, 0.6) is 0 Å². The Hall–Kier alpha value is -1.96. The maximum atomic E-state index is 12.5. The standard InChI is InChI=1S/C17H25N5O3/c1-17(15(23)21(2)16(24)18-17)12-7-4-8-22(9-12)10-13-19-20-14(25-13)11-5-3-6-11/h11-12H,3-10H2,1-2H3,(H,18,24)/t12-,17+/m0/s1. The van der Waals surface area contributed by atoms with E-state index < -0.39 is 5.54 Å². The summed E-state index contributed by atoms with van der Waals surface area (Å²) in [5.74, 6) is 1.79. The lowest BCUT2D eigenvalue weighted by Crippen LogP contribution is -2.55. The highest BCUT2D eigenvalue weighted by Gasteiger charge is 2.51. The van der Waals surface area contributed by atoms with Gasteiger partial charge in [0.15, 0.2) is 0 Å². The molecule has 25 heavy (non-hydrogen) atoms. The van der Waals surface area contributed by atoms with Crippen molar-refractivity contribution in [2.75, 3.05) is 20.1 Å². The second kappa shape index (κ2) is 6.09. The van der Waals surface area contributed by atoms with Crippen LogP contribution in [-0.4, -0.2) is 57.6 Å². The highest BCUT2D eigenvalue weighted by molar-refractivity contribution is 6.06. The van der Waals surface area contributed by atoms with Crippen LogP contribution in [0.1, 0.15) is 56.7 Å². The fourth-order valence-corrected chi connectivity index (χ4v) is 4.09. The minimum absolute atomic E-state index is 0.0803. The van der Waals surface area contributed by atoms with Crippen LogP contribution in [0.15, 0.2) is 4.42 Å². The summed E-state index contributed by atoms with van der Waals surface area (Å²) in [4.78, 5) is 27.8. The molecule has 2 atom stereocenters. The van der Waals surface area contributed by atoms with Crippen LogP contribution in [0.25, 0.3) is 0 Å². The van der Waals surface area contributed by atoms with Crippen LogP contribution in [-0.2, 0) is 11.3 Å². The van der Waals surface area contributed by atoms with Gasteiger partial charge < -0.3 is 9.73 Å². The van der Waals surface area contributed by atoms with Gasteiger partial charge in [-0.15, -0.1) is 10.2 Å². The van der Waals surface area contributed by atoms with Crippen LogP contribution in [0, 0.1) is 5.92 Å². The molecule has 1 saturated carbocycles. The number of carbonyl (C=O) groups is 2. The smallest absolute Gasteiger partial charge is 0.324 e. The molecule has 4 rings (SSSR count). The summed E-state index contributed by atoms with van der Waals surface area (Å²) in [6, 6.07) is -0.313. The number of imide groups is 1. The summed E-state index contributed by atoms with van der Waals surface area (Å²) in [6.07, 6.45) is 5.42. The van der Waals surface area contributed by atoms with Gasteiger partial charge in [-0.05, 0) is 39.2 Å². The summed E-state index contributed by atoms with van der Waals surface area (Å²) >= 11 is 0. The van der Waals surface area contributed by atoms with Gasteiger partial charge in [-0.25, -0.2) is 4.79 Å². The number of aromatic nitrogens is 2. The van der Waals surface area contributed by atoms with Crippen molar-refractivity contribution in [3.63, 3.8) is 0 Å². The van der Waals surface area contributed by atoms with Gasteiger partial charge in [0.1, 0.15) is 5.54 Å². The van der Waals surface area contributed by atoms with Crippen LogP contribution < -0.4 is 5.32 Å². The number of carbonyl (C=O) groups excluding carboxylic acids is 2. The van der Waals surface area contributed by atoms with Crippen LogP contribution in [0.3, 0.4) is 0 Å². The first-order valence-corrected chi connectivity index (χ1v) is 9.12. The van der Waals surface area contributed by atoms with Gasteiger partial charge in [-0.1, -0.05) is 6.42 Å². The van der Waals surface area contributed by atoms with Crippen molar-refractivity contribution in [1.29, 1.82) is 0 Å². The second-order valence-electron chi connectivity index (χ2n) is 7.73. The van der Waals surface area contributed by atoms with Crippen molar-refractivity contribution < 1.29 is 14.0 Å². The number of likely N-dealkylation sites (N-methyl/N-ethyl adjacent to an activating group) is 1. The largest absolute Gasteiger partial charge is 0.424 e. The molecule has 3 heterocycles. The number of rotatable bonds is 4. The Morgan fingerprint density at radius 3 is 2.68 bits per heavy atom. The van der Waals surface area contributed by atoms with Crippen molar-refractivity contribution in [1.82, 2.24) is 25.3 Å². The molecule has 0 aromatic carbocycles. The normalized spacial score (nSPS) is 31.3. The maximum absolute atomic E-state index is 12.5. The van der Waals surface area contributed by atoms with Gasteiger partial charge in [-0.3, -0.25) is 14.6 Å². The predicted octanol–water partition coefficient (Wildman–Crippen LogP) is 1.49. The third-order valence-electron chi connectivity index (χ3n) is 6.04. The van der Waals surface area contributed by atoms with Crippen LogP contribution >= 0.6 is 0 Å². The first-order chi connectivity index (χ1) is 12.0. The minimum Gasteiger partial charge on any atom is -0.424 e. The molecule has 1 aliphatic carbocycles. The van der Waals surface area contributed by atoms with Gasteiger partial charge in [0, 0.05) is 25.4 Å². The minimum atomic E-state index is -0.823. The fraction of sp³-hybridized carbons (Fsp3) is 0.765. The molecule has 136 valence electrons. The predicted molar refractivity (Wildman–Crippen MR) is 88.6 cm³/mol. The average Bonchev–Trinajstić information content (AvgIpc) is 3.06. The molecule has 3 amide bonds. The summed E-state index contributed by atoms with van der Waals surface area (Å²) in [5, 5.41) is 11.3. The van der Waals surface area contributed by atoms with Crippen molar-refractivity contribution >= 4 is 11.9 Å². The van der Waals surface area contributed by atoms with E-state index >= 15 is 0 Å². The van der Waals surface area contributed by atoms with Gasteiger partial charge in [0.25, 0.3) is 5.91 Å². The van der Waals surface area contributed by atoms with Crippen molar-refractivity contribution in [2.24, 2.45) is 5.92 Å². The average molecular weight is 347 g/mol. The first-order valence-electron chi connectivity index (χ1n) is 9.12. The van der Waals surface area contributed by atoms with E-state index in [1.54, 1.807) is 0 Å². The molecule has 3 fully saturated rings. The van der Waals surface area contributed by atoms with Gasteiger partial charge in [-0.2, -0.15) is 0 Å². The van der Waals surface area contributed by atoms with Crippen LogP contribution in [0.2, 0.25) is 0 Å². The van der Waals surface area contributed by atoms with E-state index in [1.165, 1.54) is 18.4 Å².